The van der Waals surface area contributed by atoms with Crippen LogP contribution in [0.5, 0.6) is 0 Å². The van der Waals surface area contributed by atoms with Crippen LogP contribution in [-0.4, -0.2) is 73.1 Å². The molecule has 1 aliphatic rings. The van der Waals surface area contributed by atoms with Crippen LogP contribution in [0.15, 0.2) is 65.6 Å². The molecule has 0 aromatic heterocycles. The summed E-state index contributed by atoms with van der Waals surface area (Å²) in [5.74, 6) is 0. The molecule has 0 N–H and O–H groups in total. The molecule has 0 aliphatic carbocycles. The molecule has 1 unspecified atom stereocenters. The van der Waals surface area contributed by atoms with Crippen molar-refractivity contribution in [2.24, 2.45) is 0 Å². The van der Waals surface area contributed by atoms with Gasteiger partial charge in [0.05, 0.1) is 7.11 Å². The molecule has 1 aliphatic heterocycles. The minimum Gasteiger partial charge on any atom is -0.453 e. The van der Waals surface area contributed by atoms with Gasteiger partial charge >= 0.3 is 6.09 Å². The van der Waals surface area contributed by atoms with Crippen LogP contribution in [0.2, 0.25) is 0 Å². The lowest BCUT2D eigenvalue weighted by Crippen LogP contribution is -2.48. The van der Waals surface area contributed by atoms with E-state index in [4.69, 9.17) is 4.74 Å². The van der Waals surface area contributed by atoms with Gasteiger partial charge in [-0.25, -0.2) is 9.10 Å². The fraction of sp³-hybridized carbons (Fsp3) is 0.519. The number of amides is 1. The molecule has 0 bridgehead atoms. The number of hydrogen-bond donors (Lipinski definition) is 0. The van der Waals surface area contributed by atoms with E-state index in [1.165, 1.54) is 17.6 Å². The number of rotatable bonds is 10. The molecule has 1 atom stereocenters. The smallest absolute Gasteiger partial charge is 0.409 e. The normalized spacial score (nSPS) is 17.0. The quantitative estimate of drug-likeness (QED) is 0.428. The number of piperidine rings is 1. The van der Waals surface area contributed by atoms with Crippen molar-refractivity contribution in [2.45, 2.75) is 49.5 Å². The molecule has 1 heterocycles. The highest BCUT2D eigenvalue weighted by molar-refractivity contribution is 7.97. The molecule has 3 rings (SSSR count). The molecular formula is C27H39N3O2S. The number of methoxy groups -OCH3 is 1. The number of benzene rings is 2. The molecule has 2 aromatic rings. The first-order chi connectivity index (χ1) is 15.9. The van der Waals surface area contributed by atoms with Crippen LogP contribution in [0.4, 0.5) is 4.79 Å². The molecule has 1 fully saturated rings. The number of hydrogen-bond acceptors (Lipinski definition) is 5. The second-order valence-corrected chi connectivity index (χ2v) is 10.5. The van der Waals surface area contributed by atoms with E-state index in [1.807, 2.05) is 23.8 Å². The Hall–Kier alpha value is -2.02. The van der Waals surface area contributed by atoms with Crippen LogP contribution in [0.1, 0.15) is 38.7 Å². The third-order valence-corrected chi connectivity index (χ3v) is 7.70. The maximum Gasteiger partial charge on any atom is 0.409 e. The number of carbonyl (C=O) groups excluding carboxylic acids is 1. The van der Waals surface area contributed by atoms with Gasteiger partial charge in [-0.15, -0.1) is 0 Å². The summed E-state index contributed by atoms with van der Waals surface area (Å²) in [6.07, 6.45) is 2.91. The average Bonchev–Trinajstić information content (AvgIpc) is 2.85. The van der Waals surface area contributed by atoms with E-state index in [1.54, 1.807) is 0 Å². The Bertz CT molecular complexity index is 843. The highest BCUT2D eigenvalue weighted by Crippen LogP contribution is 2.33. The zero-order valence-corrected chi connectivity index (χ0v) is 21.4. The second-order valence-electron chi connectivity index (χ2n) is 9.20. The lowest BCUT2D eigenvalue weighted by molar-refractivity contribution is 0.0789. The van der Waals surface area contributed by atoms with Gasteiger partial charge in [-0.2, -0.15) is 0 Å². The number of likely N-dealkylation sites (N-methyl/N-ethyl adjacent to an activating group) is 1. The van der Waals surface area contributed by atoms with Crippen molar-refractivity contribution >= 4 is 18.0 Å². The average molecular weight is 470 g/mol. The third-order valence-electron chi connectivity index (χ3n) is 6.77. The Morgan fingerprint density at radius 1 is 1.09 bits per heavy atom. The van der Waals surface area contributed by atoms with Gasteiger partial charge < -0.3 is 14.5 Å². The summed E-state index contributed by atoms with van der Waals surface area (Å²) < 4.78 is 7.34. The van der Waals surface area contributed by atoms with Gasteiger partial charge in [0.15, 0.2) is 0 Å². The molecule has 33 heavy (non-hydrogen) atoms. The van der Waals surface area contributed by atoms with Gasteiger partial charge in [0.2, 0.25) is 0 Å². The molecule has 6 heteroatoms. The predicted molar refractivity (Wildman–Crippen MR) is 138 cm³/mol. The molecule has 0 radical (unpaired) electrons. The van der Waals surface area contributed by atoms with E-state index >= 15 is 0 Å². The van der Waals surface area contributed by atoms with Gasteiger partial charge in [0.1, 0.15) is 0 Å². The summed E-state index contributed by atoms with van der Waals surface area (Å²) in [7, 11) is 3.66. The zero-order valence-electron chi connectivity index (χ0n) is 20.6. The number of carbonyl (C=O) groups is 1. The maximum atomic E-state index is 12.1. The van der Waals surface area contributed by atoms with Crippen LogP contribution in [-0.2, 0) is 10.2 Å². The van der Waals surface area contributed by atoms with Gasteiger partial charge in [-0.3, -0.25) is 0 Å². The fourth-order valence-electron chi connectivity index (χ4n) is 4.85. The van der Waals surface area contributed by atoms with Crippen molar-refractivity contribution in [3.05, 3.63) is 66.2 Å². The lowest BCUT2D eigenvalue weighted by Gasteiger charge is -2.40. The van der Waals surface area contributed by atoms with Gasteiger partial charge in [0.25, 0.3) is 0 Å². The van der Waals surface area contributed by atoms with Crippen LogP contribution in [0.3, 0.4) is 0 Å². The molecule has 1 amide bonds. The van der Waals surface area contributed by atoms with Crippen LogP contribution >= 0.6 is 11.9 Å². The van der Waals surface area contributed by atoms with E-state index in [2.05, 4.69) is 83.8 Å². The Balaban J connectivity index is 1.60. The SMILES string of the molecule is CCN(C(=O)OC)C1CCN(CCC(C)(CN(C)Sc2ccccc2)c2ccccc2)CC1. The maximum absolute atomic E-state index is 12.1. The highest BCUT2D eigenvalue weighted by atomic mass is 32.2. The van der Waals surface area contributed by atoms with Crippen molar-refractivity contribution in [3.63, 3.8) is 0 Å². The van der Waals surface area contributed by atoms with E-state index in [9.17, 15) is 4.79 Å². The number of nitrogens with zero attached hydrogens (tertiary/aromatic N) is 3. The van der Waals surface area contributed by atoms with Crippen molar-refractivity contribution in [3.8, 4) is 0 Å². The highest BCUT2D eigenvalue weighted by Gasteiger charge is 2.31. The van der Waals surface area contributed by atoms with Crippen molar-refractivity contribution in [1.82, 2.24) is 14.1 Å². The first-order valence-electron chi connectivity index (χ1n) is 12.0. The van der Waals surface area contributed by atoms with E-state index < -0.39 is 0 Å². The van der Waals surface area contributed by atoms with E-state index in [-0.39, 0.29) is 17.6 Å². The topological polar surface area (TPSA) is 36.0 Å². The zero-order chi connectivity index (χ0) is 23.7. The minimum absolute atomic E-state index is 0.0517. The molecular weight excluding hydrogens is 430 g/mol. The van der Waals surface area contributed by atoms with Crippen molar-refractivity contribution in [2.75, 3.05) is 46.9 Å². The molecule has 5 nitrogen and oxygen atoms in total. The van der Waals surface area contributed by atoms with Crippen molar-refractivity contribution in [1.29, 1.82) is 0 Å². The summed E-state index contributed by atoms with van der Waals surface area (Å²) in [5.41, 5.74) is 1.44. The second kappa shape index (κ2) is 12.4. The molecule has 0 spiro atoms. The molecule has 0 saturated carbocycles. The minimum atomic E-state index is -0.202. The monoisotopic (exact) mass is 469 g/mol. The first-order valence-corrected chi connectivity index (χ1v) is 12.8. The van der Waals surface area contributed by atoms with Crippen molar-refractivity contribution < 1.29 is 9.53 Å². The Kier molecular flexibility index (Phi) is 9.65. The van der Waals surface area contributed by atoms with Crippen LogP contribution in [0.25, 0.3) is 0 Å². The summed E-state index contributed by atoms with van der Waals surface area (Å²) in [5, 5.41) is 0. The van der Waals surface area contributed by atoms with Gasteiger partial charge in [0, 0.05) is 42.5 Å². The fourth-order valence-corrected chi connectivity index (χ4v) is 5.84. The lowest BCUT2D eigenvalue weighted by atomic mass is 9.79. The Morgan fingerprint density at radius 2 is 1.70 bits per heavy atom. The number of likely N-dealkylation sites (tertiary alicyclic amines) is 1. The van der Waals surface area contributed by atoms with Crippen LogP contribution < -0.4 is 0 Å². The summed E-state index contributed by atoms with van der Waals surface area (Å²) in [6.45, 7) is 9.21. The van der Waals surface area contributed by atoms with E-state index in [0.29, 0.717) is 6.54 Å². The third kappa shape index (κ3) is 7.23. The molecule has 2 aromatic carbocycles. The largest absolute Gasteiger partial charge is 0.453 e. The van der Waals surface area contributed by atoms with E-state index in [0.717, 1.165) is 45.4 Å². The first kappa shape index (κ1) is 25.6. The number of ether oxygens (including phenoxy) is 1. The summed E-state index contributed by atoms with van der Waals surface area (Å²) in [6, 6.07) is 21.8. The molecule has 180 valence electrons. The summed E-state index contributed by atoms with van der Waals surface area (Å²) >= 11 is 1.81. The van der Waals surface area contributed by atoms with Gasteiger partial charge in [-0.05, 0) is 69.4 Å². The Morgan fingerprint density at radius 3 is 2.27 bits per heavy atom. The Labute approximate surface area is 204 Å². The summed E-state index contributed by atoms with van der Waals surface area (Å²) in [4.78, 5) is 17.8. The van der Waals surface area contributed by atoms with Crippen LogP contribution in [0, 0.1) is 0 Å². The van der Waals surface area contributed by atoms with Gasteiger partial charge in [-0.1, -0.05) is 55.5 Å². The standard InChI is InChI=1S/C27H39N3O2S/c1-5-30(26(31)32-4)24-16-19-29(20-17-24)21-18-27(2,23-12-8-6-9-13-23)22-28(3)33-25-14-10-7-11-15-25/h6-15,24H,5,16-22H2,1-4H3. The molecule has 1 saturated heterocycles. The predicted octanol–water partition coefficient (Wildman–Crippen LogP) is 5.53.